The van der Waals surface area contributed by atoms with Crippen molar-refractivity contribution < 1.29 is 32.1 Å². The molecule has 1 fully saturated rings. The lowest BCUT2D eigenvalue weighted by Gasteiger charge is -2.26. The van der Waals surface area contributed by atoms with Crippen LogP contribution in [0, 0.1) is 5.82 Å². The summed E-state index contributed by atoms with van der Waals surface area (Å²) in [5.74, 6) is -0.426. The highest BCUT2D eigenvalue weighted by Crippen LogP contribution is 2.48. The van der Waals surface area contributed by atoms with Gasteiger partial charge in [-0.25, -0.2) is 12.8 Å². The van der Waals surface area contributed by atoms with E-state index >= 15 is 0 Å². The van der Waals surface area contributed by atoms with Crippen molar-refractivity contribution in [2.75, 3.05) is 17.6 Å². The first-order valence-corrected chi connectivity index (χ1v) is 15.3. The Balaban J connectivity index is 1.55. The van der Waals surface area contributed by atoms with Crippen LogP contribution >= 0.6 is 0 Å². The molecule has 1 aliphatic rings. The first kappa shape index (κ1) is 28.0. The number of amides is 1. The largest absolute Gasteiger partial charge is 0.489 e. The van der Waals surface area contributed by atoms with Gasteiger partial charge in [0.1, 0.15) is 17.2 Å². The normalized spacial score (nSPS) is 13.5. The molecule has 0 bridgehead atoms. The lowest BCUT2D eigenvalue weighted by atomic mass is 9.76. The van der Waals surface area contributed by atoms with E-state index < -0.39 is 23.0 Å². The summed E-state index contributed by atoms with van der Waals surface area (Å²) in [6, 6.07) is 19.6. The zero-order chi connectivity index (χ0) is 29.8. The van der Waals surface area contributed by atoms with Gasteiger partial charge in [-0.3, -0.25) is 9.10 Å². The third-order valence-corrected chi connectivity index (χ3v) is 8.85. The second-order valence-corrected chi connectivity index (χ2v) is 12.5. The molecule has 1 heterocycles. The topological polar surface area (TPSA) is 120 Å². The molecule has 42 heavy (non-hydrogen) atoms. The van der Waals surface area contributed by atoms with Crippen molar-refractivity contribution in [3.05, 3.63) is 95.3 Å². The summed E-state index contributed by atoms with van der Waals surface area (Å²) in [6.45, 7) is -0.0137. The van der Waals surface area contributed by atoms with E-state index in [0.29, 0.717) is 49.6 Å². The van der Waals surface area contributed by atoms with Gasteiger partial charge in [-0.2, -0.15) is 0 Å². The summed E-state index contributed by atoms with van der Waals surface area (Å²) in [4.78, 5) is 13.1. The van der Waals surface area contributed by atoms with Crippen molar-refractivity contribution in [1.82, 2.24) is 5.32 Å². The number of furan rings is 1. The molecule has 1 saturated carbocycles. The molecule has 0 aliphatic heterocycles. The van der Waals surface area contributed by atoms with Gasteiger partial charge in [0, 0.05) is 24.1 Å². The number of benzene rings is 4. The predicted molar refractivity (Wildman–Crippen MR) is 162 cm³/mol. The Kier molecular flexibility index (Phi) is 7.04. The number of hydrogen-bond acceptors (Lipinski definition) is 6. The Hall–Kier alpha value is -4.19. The molecule has 11 heteroatoms. The van der Waals surface area contributed by atoms with Crippen LogP contribution in [0.3, 0.4) is 0 Å². The number of halogens is 1. The maximum atomic E-state index is 13.7. The molecule has 214 valence electrons. The van der Waals surface area contributed by atoms with Crippen molar-refractivity contribution in [2.24, 2.45) is 0 Å². The van der Waals surface area contributed by atoms with Gasteiger partial charge in [0.05, 0.1) is 24.1 Å². The summed E-state index contributed by atoms with van der Waals surface area (Å²) in [6.07, 6.45) is 2.89. The standard InChI is InChI=1S/C31H28BFN2O6S/c1-34-31(36)29-25-15-24(18-7-8-18)27(16-28(25)41-30(29)19-9-12-21(33)13-10-19)35(42(2,39)40)17-20-11-14-26(32(37)38)23-6-4-3-5-22(20)23/h3-6,9-16,18,37-38H,7-8,17H2,1-2H3,(H,34,36). The lowest BCUT2D eigenvalue weighted by molar-refractivity contribution is 0.0964. The maximum Gasteiger partial charge on any atom is 0.489 e. The first-order chi connectivity index (χ1) is 20.1. The van der Waals surface area contributed by atoms with E-state index in [0.717, 1.165) is 24.7 Å². The molecule has 1 aromatic heterocycles. The Labute approximate surface area is 242 Å². The number of hydrogen-bond donors (Lipinski definition) is 3. The van der Waals surface area contributed by atoms with Crippen LogP contribution in [0.4, 0.5) is 10.1 Å². The highest BCUT2D eigenvalue weighted by molar-refractivity contribution is 7.92. The number of carbonyl (C=O) groups is 1. The highest BCUT2D eigenvalue weighted by atomic mass is 32.2. The minimum atomic E-state index is -3.82. The fourth-order valence-electron chi connectivity index (χ4n) is 5.52. The number of nitrogens with zero attached hydrogens (tertiary/aromatic N) is 1. The molecule has 0 radical (unpaired) electrons. The fourth-order valence-corrected chi connectivity index (χ4v) is 6.41. The van der Waals surface area contributed by atoms with Crippen molar-refractivity contribution >= 4 is 55.9 Å². The Morgan fingerprint density at radius 2 is 1.71 bits per heavy atom. The minimum Gasteiger partial charge on any atom is -0.455 e. The lowest BCUT2D eigenvalue weighted by Crippen LogP contribution is -2.32. The summed E-state index contributed by atoms with van der Waals surface area (Å²) in [7, 11) is -3.98. The number of fused-ring (bicyclic) bond motifs is 2. The first-order valence-electron chi connectivity index (χ1n) is 13.5. The van der Waals surface area contributed by atoms with E-state index in [1.165, 1.54) is 35.6 Å². The zero-order valence-electron chi connectivity index (χ0n) is 23.0. The van der Waals surface area contributed by atoms with Crippen molar-refractivity contribution in [1.29, 1.82) is 0 Å². The van der Waals surface area contributed by atoms with Gasteiger partial charge in [-0.1, -0.05) is 36.4 Å². The molecule has 8 nitrogen and oxygen atoms in total. The third-order valence-electron chi connectivity index (χ3n) is 7.72. The van der Waals surface area contributed by atoms with Gasteiger partial charge in [0.15, 0.2) is 0 Å². The van der Waals surface area contributed by atoms with E-state index in [9.17, 15) is 27.7 Å². The summed E-state index contributed by atoms with van der Waals surface area (Å²) in [5, 5.41) is 24.3. The molecule has 0 saturated heterocycles. The molecule has 0 spiro atoms. The van der Waals surface area contributed by atoms with Gasteiger partial charge in [0.25, 0.3) is 5.91 Å². The van der Waals surface area contributed by atoms with E-state index in [1.54, 1.807) is 30.3 Å². The third kappa shape index (κ3) is 5.04. The highest BCUT2D eigenvalue weighted by Gasteiger charge is 2.33. The van der Waals surface area contributed by atoms with Crippen molar-refractivity contribution in [2.45, 2.75) is 25.3 Å². The van der Waals surface area contributed by atoms with Gasteiger partial charge in [0.2, 0.25) is 10.0 Å². The molecule has 4 aromatic carbocycles. The predicted octanol–water partition coefficient (Wildman–Crippen LogP) is 4.28. The van der Waals surface area contributed by atoms with Gasteiger partial charge >= 0.3 is 7.12 Å². The van der Waals surface area contributed by atoms with Crippen LogP contribution < -0.4 is 15.1 Å². The Morgan fingerprint density at radius 3 is 2.33 bits per heavy atom. The van der Waals surface area contributed by atoms with Crippen molar-refractivity contribution in [3.63, 3.8) is 0 Å². The average molecular weight is 586 g/mol. The zero-order valence-corrected chi connectivity index (χ0v) is 23.8. The van der Waals surface area contributed by atoms with E-state index in [4.69, 9.17) is 4.42 Å². The van der Waals surface area contributed by atoms with Crippen LogP contribution in [0.15, 0.2) is 77.2 Å². The SMILES string of the molecule is CNC(=O)c1c(-c2ccc(F)cc2)oc2cc(N(Cc3ccc(B(O)O)c4ccccc34)S(C)(=O)=O)c(C3CC3)cc12. The number of sulfonamides is 1. The molecule has 1 amide bonds. The molecule has 5 aromatic rings. The van der Waals surface area contributed by atoms with Crippen LogP contribution in [0.5, 0.6) is 0 Å². The average Bonchev–Trinajstić information content (AvgIpc) is 3.74. The smallest absolute Gasteiger partial charge is 0.455 e. The van der Waals surface area contributed by atoms with Gasteiger partial charge < -0.3 is 19.8 Å². The molecule has 3 N–H and O–H groups in total. The van der Waals surface area contributed by atoms with Crippen LogP contribution in [0.1, 0.15) is 40.2 Å². The summed E-state index contributed by atoms with van der Waals surface area (Å²) < 4.78 is 48.0. The van der Waals surface area contributed by atoms with E-state index in [-0.39, 0.29) is 24.1 Å². The number of anilines is 1. The van der Waals surface area contributed by atoms with Crippen LogP contribution in [-0.4, -0.2) is 44.8 Å². The van der Waals surface area contributed by atoms with Gasteiger partial charge in [-0.05, 0) is 76.5 Å². The molecular formula is C31H28BFN2O6S. The van der Waals surface area contributed by atoms with Crippen LogP contribution in [0.2, 0.25) is 0 Å². The van der Waals surface area contributed by atoms with Gasteiger partial charge in [-0.15, -0.1) is 0 Å². The fraction of sp³-hybridized carbons (Fsp3) is 0.194. The minimum absolute atomic E-state index is 0.0137. The Bertz CT molecular complexity index is 1950. The molecule has 6 rings (SSSR count). The second-order valence-electron chi connectivity index (χ2n) is 10.6. The van der Waals surface area contributed by atoms with Crippen molar-refractivity contribution in [3.8, 4) is 11.3 Å². The second kappa shape index (κ2) is 10.6. The van der Waals surface area contributed by atoms with Crippen LogP contribution in [0.25, 0.3) is 33.1 Å². The Morgan fingerprint density at radius 1 is 1.02 bits per heavy atom. The van der Waals surface area contributed by atoms with E-state index in [1.807, 2.05) is 18.2 Å². The molecular weight excluding hydrogens is 558 g/mol. The molecule has 0 unspecified atom stereocenters. The number of rotatable bonds is 8. The quantitative estimate of drug-likeness (QED) is 0.234. The number of nitrogens with one attached hydrogen (secondary N) is 1. The van der Waals surface area contributed by atoms with Crippen LogP contribution in [-0.2, 0) is 16.6 Å². The molecule has 0 atom stereocenters. The molecule has 1 aliphatic carbocycles. The summed E-state index contributed by atoms with van der Waals surface area (Å²) in [5.41, 5.74) is 3.37. The summed E-state index contributed by atoms with van der Waals surface area (Å²) >= 11 is 0. The van der Waals surface area contributed by atoms with E-state index in [2.05, 4.69) is 5.32 Å². The monoisotopic (exact) mass is 586 g/mol. The number of carbonyl (C=O) groups excluding carboxylic acids is 1. The maximum absolute atomic E-state index is 13.7.